The molecule has 9 heteroatoms. The van der Waals surface area contributed by atoms with Crippen LogP contribution in [-0.4, -0.2) is 24.1 Å². The summed E-state index contributed by atoms with van der Waals surface area (Å²) in [5.41, 5.74) is 0.949. The Labute approximate surface area is 154 Å². The van der Waals surface area contributed by atoms with Crippen molar-refractivity contribution in [2.75, 3.05) is 0 Å². The number of nitrogens with one attached hydrogen (secondary N) is 1. The summed E-state index contributed by atoms with van der Waals surface area (Å²) in [6, 6.07) is 0. The van der Waals surface area contributed by atoms with Crippen molar-refractivity contribution in [1.82, 2.24) is 24.1 Å². The average molecular weight is 377 g/mol. The number of oxazole rings is 1. The normalized spacial score (nSPS) is 11.5. The molecule has 0 aliphatic heterocycles. The lowest BCUT2D eigenvalue weighted by Crippen LogP contribution is -2.31. The second kappa shape index (κ2) is 7.53. The largest absolute Gasteiger partial charge is 0.437 e. The van der Waals surface area contributed by atoms with Gasteiger partial charge in [-0.2, -0.15) is 0 Å². The predicted octanol–water partition coefficient (Wildman–Crippen LogP) is 2.60. The van der Waals surface area contributed by atoms with Gasteiger partial charge in [0.2, 0.25) is 0 Å². The Bertz CT molecular complexity index is 1020. The standard InChI is InChI=1S/C17H23N5O3S/c1-5-7-8-22-14-13(15(23)20-16(22)24)21(6-2)12(19-14)9-26-17-18-10(3)11(4)25-17/h5-9H2,1-4H3,(H,20,23,24). The van der Waals surface area contributed by atoms with E-state index in [1.54, 1.807) is 4.57 Å². The van der Waals surface area contributed by atoms with Crippen molar-refractivity contribution in [1.29, 1.82) is 0 Å². The minimum atomic E-state index is -0.408. The number of aromatic nitrogens is 5. The van der Waals surface area contributed by atoms with Crippen molar-refractivity contribution in [2.45, 2.75) is 64.6 Å². The molecule has 0 fully saturated rings. The molecule has 8 nitrogen and oxygen atoms in total. The molecule has 0 saturated heterocycles. The fourth-order valence-electron chi connectivity index (χ4n) is 2.82. The van der Waals surface area contributed by atoms with Gasteiger partial charge in [0.25, 0.3) is 10.8 Å². The summed E-state index contributed by atoms with van der Waals surface area (Å²) in [6.45, 7) is 8.91. The summed E-state index contributed by atoms with van der Waals surface area (Å²) in [4.78, 5) is 36.0. The molecule has 3 aromatic rings. The van der Waals surface area contributed by atoms with Gasteiger partial charge in [0.1, 0.15) is 11.6 Å². The van der Waals surface area contributed by atoms with Crippen molar-refractivity contribution in [3.05, 3.63) is 38.1 Å². The van der Waals surface area contributed by atoms with Crippen LogP contribution < -0.4 is 11.2 Å². The number of hydrogen-bond donors (Lipinski definition) is 1. The Hall–Kier alpha value is -2.29. The zero-order valence-electron chi connectivity index (χ0n) is 15.5. The zero-order chi connectivity index (χ0) is 18.8. The molecule has 3 rings (SSSR count). The maximum Gasteiger partial charge on any atom is 0.330 e. The van der Waals surface area contributed by atoms with Crippen LogP contribution in [0, 0.1) is 13.8 Å². The van der Waals surface area contributed by atoms with Crippen LogP contribution >= 0.6 is 11.8 Å². The molecule has 26 heavy (non-hydrogen) atoms. The molecule has 0 aliphatic carbocycles. The number of aromatic amines is 1. The Morgan fingerprint density at radius 3 is 2.54 bits per heavy atom. The smallest absolute Gasteiger partial charge is 0.330 e. The van der Waals surface area contributed by atoms with Crippen molar-refractivity contribution in [2.24, 2.45) is 0 Å². The summed E-state index contributed by atoms with van der Waals surface area (Å²) in [7, 11) is 0. The number of unbranched alkanes of at least 4 members (excludes halogenated alkanes) is 1. The van der Waals surface area contributed by atoms with Crippen molar-refractivity contribution in [3.8, 4) is 0 Å². The SMILES string of the molecule is CCCCn1c(=O)[nH]c(=O)c2c1nc(CSc1nc(C)c(C)o1)n2CC. The Morgan fingerprint density at radius 2 is 1.92 bits per heavy atom. The van der Waals surface area contributed by atoms with E-state index < -0.39 is 11.2 Å². The molecular formula is C17H23N5O3S. The number of fused-ring (bicyclic) bond motifs is 1. The molecule has 0 atom stereocenters. The van der Waals surface area contributed by atoms with Crippen molar-refractivity contribution < 1.29 is 4.42 Å². The number of aryl methyl sites for hydroxylation is 4. The van der Waals surface area contributed by atoms with Crippen LogP contribution in [0.1, 0.15) is 44.0 Å². The molecule has 0 amide bonds. The second-order valence-electron chi connectivity index (χ2n) is 6.12. The summed E-state index contributed by atoms with van der Waals surface area (Å²) >= 11 is 1.43. The number of imidazole rings is 1. The van der Waals surface area contributed by atoms with E-state index in [9.17, 15) is 9.59 Å². The first-order valence-corrected chi connectivity index (χ1v) is 9.73. The number of rotatable bonds is 7. The monoisotopic (exact) mass is 377 g/mol. The van der Waals surface area contributed by atoms with E-state index in [0.717, 1.165) is 30.1 Å². The summed E-state index contributed by atoms with van der Waals surface area (Å²) in [6.07, 6.45) is 1.80. The first kappa shape index (κ1) is 18.5. The minimum Gasteiger partial charge on any atom is -0.437 e. The van der Waals surface area contributed by atoms with Gasteiger partial charge < -0.3 is 8.98 Å². The molecule has 3 heterocycles. The quantitative estimate of drug-likeness (QED) is 0.636. The summed E-state index contributed by atoms with van der Waals surface area (Å²) in [5, 5.41) is 0.576. The van der Waals surface area contributed by atoms with E-state index in [4.69, 9.17) is 4.42 Å². The fraction of sp³-hybridized carbons (Fsp3) is 0.529. The molecule has 1 N–H and O–H groups in total. The van der Waals surface area contributed by atoms with Crippen LogP contribution in [0.3, 0.4) is 0 Å². The summed E-state index contributed by atoms with van der Waals surface area (Å²) < 4.78 is 9.00. The molecule has 3 aromatic heterocycles. The van der Waals surface area contributed by atoms with E-state index >= 15 is 0 Å². The van der Waals surface area contributed by atoms with E-state index in [1.165, 1.54) is 11.8 Å². The lowest BCUT2D eigenvalue weighted by Gasteiger charge is -2.06. The van der Waals surface area contributed by atoms with Gasteiger partial charge in [-0.25, -0.2) is 14.8 Å². The van der Waals surface area contributed by atoms with Gasteiger partial charge in [-0.1, -0.05) is 25.1 Å². The number of nitrogens with zero attached hydrogens (tertiary/aromatic N) is 4. The minimum absolute atomic E-state index is 0.397. The molecule has 0 spiro atoms. The van der Waals surface area contributed by atoms with Gasteiger partial charge in [0.05, 0.1) is 11.4 Å². The molecule has 0 bridgehead atoms. The van der Waals surface area contributed by atoms with Crippen LogP contribution in [0.15, 0.2) is 19.2 Å². The number of H-pyrrole nitrogens is 1. The van der Waals surface area contributed by atoms with Crippen LogP contribution in [-0.2, 0) is 18.8 Å². The van der Waals surface area contributed by atoms with Gasteiger partial charge in [-0.3, -0.25) is 14.3 Å². The summed E-state index contributed by atoms with van der Waals surface area (Å²) in [5.74, 6) is 2.02. The Balaban J connectivity index is 2.03. The van der Waals surface area contributed by atoms with Crippen LogP contribution in [0.5, 0.6) is 0 Å². The second-order valence-corrected chi connectivity index (χ2v) is 7.05. The highest BCUT2D eigenvalue weighted by Gasteiger charge is 2.18. The average Bonchev–Trinajstić information content (AvgIpc) is 3.13. The highest BCUT2D eigenvalue weighted by atomic mass is 32.2. The first-order valence-electron chi connectivity index (χ1n) is 8.75. The fourth-order valence-corrected chi connectivity index (χ4v) is 3.68. The molecule has 0 radical (unpaired) electrons. The van der Waals surface area contributed by atoms with E-state index in [0.29, 0.717) is 35.2 Å². The molecule has 0 unspecified atom stereocenters. The molecular weight excluding hydrogens is 354 g/mol. The lowest BCUT2D eigenvalue weighted by molar-refractivity contribution is 0.431. The maximum absolute atomic E-state index is 12.4. The van der Waals surface area contributed by atoms with E-state index in [2.05, 4.69) is 21.9 Å². The van der Waals surface area contributed by atoms with Crippen molar-refractivity contribution in [3.63, 3.8) is 0 Å². The van der Waals surface area contributed by atoms with Crippen LogP contribution in [0.4, 0.5) is 0 Å². The lowest BCUT2D eigenvalue weighted by atomic mass is 10.3. The third kappa shape index (κ3) is 3.35. The third-order valence-corrected chi connectivity index (χ3v) is 5.17. The van der Waals surface area contributed by atoms with Crippen molar-refractivity contribution >= 4 is 22.9 Å². The zero-order valence-corrected chi connectivity index (χ0v) is 16.3. The Kier molecular flexibility index (Phi) is 5.36. The van der Waals surface area contributed by atoms with Gasteiger partial charge in [0.15, 0.2) is 11.2 Å². The van der Waals surface area contributed by atoms with Gasteiger partial charge >= 0.3 is 5.69 Å². The molecule has 0 aliphatic rings. The van der Waals surface area contributed by atoms with E-state index in [1.807, 2.05) is 25.3 Å². The maximum atomic E-state index is 12.4. The topological polar surface area (TPSA) is 98.7 Å². The van der Waals surface area contributed by atoms with Crippen LogP contribution in [0.2, 0.25) is 0 Å². The number of thioether (sulfide) groups is 1. The van der Waals surface area contributed by atoms with E-state index in [-0.39, 0.29) is 0 Å². The first-order chi connectivity index (χ1) is 12.5. The predicted molar refractivity (Wildman–Crippen MR) is 101 cm³/mol. The molecule has 140 valence electrons. The highest BCUT2D eigenvalue weighted by Crippen LogP contribution is 2.25. The van der Waals surface area contributed by atoms with Gasteiger partial charge in [-0.05, 0) is 27.2 Å². The molecule has 0 saturated carbocycles. The van der Waals surface area contributed by atoms with Gasteiger partial charge in [-0.15, -0.1) is 0 Å². The number of hydrogen-bond acceptors (Lipinski definition) is 6. The third-order valence-electron chi connectivity index (χ3n) is 4.35. The molecule has 0 aromatic carbocycles. The van der Waals surface area contributed by atoms with Crippen LogP contribution in [0.25, 0.3) is 11.2 Å². The Morgan fingerprint density at radius 1 is 1.15 bits per heavy atom. The van der Waals surface area contributed by atoms with Gasteiger partial charge in [0, 0.05) is 13.1 Å². The highest BCUT2D eigenvalue weighted by molar-refractivity contribution is 7.98.